The number of fused-ring (bicyclic) bond motifs is 9. The minimum atomic E-state index is -0.402. The fourth-order valence-electron chi connectivity index (χ4n) is 5.09. The van der Waals surface area contributed by atoms with E-state index in [2.05, 4.69) is 70.5 Å². The van der Waals surface area contributed by atoms with E-state index in [1.807, 2.05) is 18.2 Å². The number of ether oxygens (including phenoxy) is 1. The van der Waals surface area contributed by atoms with Crippen LogP contribution in [0.3, 0.4) is 0 Å². The summed E-state index contributed by atoms with van der Waals surface area (Å²) < 4.78 is 7.39. The molecule has 1 aliphatic heterocycles. The zero-order valence-electron chi connectivity index (χ0n) is 15.0. The third kappa shape index (κ3) is 2.02. The number of allylic oxidation sites excluding steroid dienone is 4. The Bertz CT molecular complexity index is 1220. The molecule has 1 unspecified atom stereocenters. The average molecular weight is 448 g/mol. The van der Waals surface area contributed by atoms with Gasteiger partial charge in [0.1, 0.15) is 11.5 Å². The fourth-order valence-corrected chi connectivity index (χ4v) is 5.62. The Morgan fingerprint density at radius 1 is 0.821 bits per heavy atom. The highest BCUT2D eigenvalue weighted by atomic mass is 79.9. The number of hydrogen-bond acceptors (Lipinski definition) is 1. The molecule has 3 aliphatic rings. The molecule has 1 heterocycles. The van der Waals surface area contributed by atoms with Gasteiger partial charge in [0.05, 0.1) is 5.41 Å². The number of halogens is 2. The van der Waals surface area contributed by atoms with Crippen molar-refractivity contribution in [2.24, 2.45) is 0 Å². The summed E-state index contributed by atoms with van der Waals surface area (Å²) in [5, 5.41) is 0.762. The number of benzene rings is 3. The molecule has 1 spiro atoms. The molecule has 0 saturated carbocycles. The fraction of sp³-hybridized carbons (Fsp3) is 0.120. The second-order valence-corrected chi connectivity index (χ2v) is 8.84. The molecule has 0 saturated heterocycles. The number of hydrogen-bond donors (Lipinski definition) is 0. The lowest BCUT2D eigenvalue weighted by atomic mass is 9.65. The molecule has 3 aromatic rings. The molecule has 0 bridgehead atoms. The maximum atomic E-state index is 6.53. The third-order valence-electron chi connectivity index (χ3n) is 6.09. The summed E-state index contributed by atoms with van der Waals surface area (Å²) in [6.07, 6.45) is 6.91. The van der Waals surface area contributed by atoms with E-state index in [0.29, 0.717) is 0 Å². The highest BCUT2D eigenvalue weighted by Crippen LogP contribution is 2.64. The Kier molecular flexibility index (Phi) is 3.48. The molecule has 1 atom stereocenters. The Hall–Kier alpha value is -2.29. The van der Waals surface area contributed by atoms with Crippen LogP contribution in [0.15, 0.2) is 82.9 Å². The van der Waals surface area contributed by atoms with Crippen molar-refractivity contribution in [1.29, 1.82) is 0 Å². The van der Waals surface area contributed by atoms with Crippen molar-refractivity contribution >= 4 is 33.1 Å². The molecule has 0 N–H and O–H groups in total. The lowest BCUT2D eigenvalue weighted by Gasteiger charge is -2.40. The molecule has 0 amide bonds. The lowest BCUT2D eigenvalue weighted by molar-refractivity contribution is 0.436. The van der Waals surface area contributed by atoms with Crippen LogP contribution in [0.2, 0.25) is 5.02 Å². The van der Waals surface area contributed by atoms with Crippen molar-refractivity contribution in [3.63, 3.8) is 0 Å². The normalized spacial score (nSPS) is 21.1. The van der Waals surface area contributed by atoms with Gasteiger partial charge in [-0.2, -0.15) is 0 Å². The van der Waals surface area contributed by atoms with Gasteiger partial charge in [-0.05, 0) is 71.5 Å². The summed E-state index contributed by atoms with van der Waals surface area (Å²) in [4.78, 5) is 0. The van der Waals surface area contributed by atoms with E-state index >= 15 is 0 Å². The second-order valence-electron chi connectivity index (χ2n) is 7.49. The maximum absolute atomic E-state index is 6.53. The van der Waals surface area contributed by atoms with Crippen LogP contribution in [-0.2, 0) is 5.41 Å². The summed E-state index contributed by atoms with van der Waals surface area (Å²) in [5.74, 6) is 1.82. The van der Waals surface area contributed by atoms with E-state index in [1.54, 1.807) is 0 Å². The monoisotopic (exact) mass is 446 g/mol. The first kappa shape index (κ1) is 16.6. The first-order chi connectivity index (χ1) is 13.7. The quantitative estimate of drug-likeness (QED) is 0.344. The standard InChI is InChI=1S/C25H16BrClO/c26-15-9-12-24-22(13-15)25(20-7-3-4-8-23(20)28-24)19-6-2-1-5-17(19)18-11-10-16(27)14-21(18)25/h3-14H,1-2H2. The van der Waals surface area contributed by atoms with Crippen molar-refractivity contribution in [3.05, 3.63) is 110 Å². The first-order valence-electron chi connectivity index (χ1n) is 9.48. The van der Waals surface area contributed by atoms with Gasteiger partial charge in [-0.15, -0.1) is 0 Å². The molecular formula is C25H16BrClO. The van der Waals surface area contributed by atoms with Gasteiger partial charge in [0.15, 0.2) is 0 Å². The van der Waals surface area contributed by atoms with Crippen molar-refractivity contribution in [3.8, 4) is 11.5 Å². The smallest absolute Gasteiger partial charge is 0.132 e. The van der Waals surface area contributed by atoms with Crippen molar-refractivity contribution in [2.45, 2.75) is 18.3 Å². The van der Waals surface area contributed by atoms with Gasteiger partial charge in [-0.25, -0.2) is 0 Å². The molecule has 0 aromatic heterocycles. The van der Waals surface area contributed by atoms with Crippen molar-refractivity contribution in [2.75, 3.05) is 0 Å². The molecule has 3 heteroatoms. The first-order valence-corrected chi connectivity index (χ1v) is 10.7. The molecule has 3 aromatic carbocycles. The Morgan fingerprint density at radius 3 is 2.57 bits per heavy atom. The Balaban J connectivity index is 1.83. The maximum Gasteiger partial charge on any atom is 0.132 e. The Labute approximate surface area is 177 Å². The number of para-hydroxylation sites is 1. The van der Waals surface area contributed by atoms with E-state index in [1.165, 1.54) is 33.4 Å². The molecule has 2 aliphatic carbocycles. The van der Waals surface area contributed by atoms with E-state index in [4.69, 9.17) is 16.3 Å². The van der Waals surface area contributed by atoms with E-state index in [-0.39, 0.29) is 0 Å². The van der Waals surface area contributed by atoms with Gasteiger partial charge in [-0.3, -0.25) is 0 Å². The minimum Gasteiger partial charge on any atom is -0.457 e. The molecule has 28 heavy (non-hydrogen) atoms. The summed E-state index contributed by atoms with van der Waals surface area (Å²) in [6.45, 7) is 0. The van der Waals surface area contributed by atoms with Gasteiger partial charge < -0.3 is 4.74 Å². The molecule has 1 nitrogen and oxygen atoms in total. The summed E-state index contributed by atoms with van der Waals surface area (Å²) in [5.41, 5.74) is 7.15. The third-order valence-corrected chi connectivity index (χ3v) is 6.82. The SMILES string of the molecule is Clc1ccc2c(c1)C1(C3=CCCC=C32)c2ccccc2Oc2ccc(Br)cc21. The van der Waals surface area contributed by atoms with Crippen LogP contribution in [0.4, 0.5) is 0 Å². The van der Waals surface area contributed by atoms with Gasteiger partial charge in [0.25, 0.3) is 0 Å². The van der Waals surface area contributed by atoms with Gasteiger partial charge in [-0.1, -0.05) is 63.9 Å². The van der Waals surface area contributed by atoms with Crippen LogP contribution in [0.1, 0.15) is 35.1 Å². The zero-order chi connectivity index (χ0) is 18.9. The molecule has 0 fully saturated rings. The predicted molar refractivity (Wildman–Crippen MR) is 117 cm³/mol. The lowest BCUT2D eigenvalue weighted by Crippen LogP contribution is -2.32. The summed E-state index contributed by atoms with van der Waals surface area (Å²) in [6, 6.07) is 21.0. The minimum absolute atomic E-state index is 0.402. The average Bonchev–Trinajstić information content (AvgIpc) is 3.00. The zero-order valence-corrected chi connectivity index (χ0v) is 17.3. The van der Waals surface area contributed by atoms with E-state index < -0.39 is 5.41 Å². The number of rotatable bonds is 0. The molecule has 6 rings (SSSR count). The van der Waals surface area contributed by atoms with Crippen LogP contribution in [0.25, 0.3) is 5.57 Å². The van der Waals surface area contributed by atoms with Crippen LogP contribution in [0, 0.1) is 0 Å². The highest BCUT2D eigenvalue weighted by molar-refractivity contribution is 9.10. The molecule has 136 valence electrons. The van der Waals surface area contributed by atoms with Gasteiger partial charge in [0.2, 0.25) is 0 Å². The summed E-state index contributed by atoms with van der Waals surface area (Å²) in [7, 11) is 0. The Morgan fingerprint density at radius 2 is 1.64 bits per heavy atom. The second kappa shape index (κ2) is 5.85. The topological polar surface area (TPSA) is 9.23 Å². The van der Waals surface area contributed by atoms with Gasteiger partial charge >= 0.3 is 0 Å². The van der Waals surface area contributed by atoms with Crippen LogP contribution < -0.4 is 4.74 Å². The largest absolute Gasteiger partial charge is 0.457 e. The highest BCUT2D eigenvalue weighted by Gasteiger charge is 2.53. The van der Waals surface area contributed by atoms with E-state index in [9.17, 15) is 0 Å². The van der Waals surface area contributed by atoms with Crippen LogP contribution in [-0.4, -0.2) is 0 Å². The molecule has 0 radical (unpaired) electrons. The van der Waals surface area contributed by atoms with Gasteiger partial charge in [0, 0.05) is 20.6 Å². The van der Waals surface area contributed by atoms with Crippen LogP contribution in [0.5, 0.6) is 11.5 Å². The van der Waals surface area contributed by atoms with E-state index in [0.717, 1.165) is 33.8 Å². The van der Waals surface area contributed by atoms with Crippen molar-refractivity contribution in [1.82, 2.24) is 0 Å². The van der Waals surface area contributed by atoms with Crippen molar-refractivity contribution < 1.29 is 4.74 Å². The summed E-state index contributed by atoms with van der Waals surface area (Å²) >= 11 is 10.2. The van der Waals surface area contributed by atoms with Crippen LogP contribution >= 0.6 is 27.5 Å². The predicted octanol–water partition coefficient (Wildman–Crippen LogP) is 7.66. The molecular weight excluding hydrogens is 432 g/mol.